The number of pyridine rings is 1. The Kier molecular flexibility index (Phi) is 4.00. The van der Waals surface area contributed by atoms with Gasteiger partial charge in [0.15, 0.2) is 0 Å². The number of nitrogens with two attached hydrogens (primary N) is 1. The number of anilines is 2. The predicted molar refractivity (Wildman–Crippen MR) is 86.5 cm³/mol. The quantitative estimate of drug-likeness (QED) is 0.915. The minimum Gasteiger partial charge on any atom is -0.368 e. The van der Waals surface area contributed by atoms with Crippen molar-refractivity contribution in [3.63, 3.8) is 0 Å². The Hall–Kier alpha value is -2.12. The molecule has 2 heterocycles. The van der Waals surface area contributed by atoms with Gasteiger partial charge in [-0.15, -0.1) is 0 Å². The number of primary sulfonamides is 1. The summed E-state index contributed by atoms with van der Waals surface area (Å²) in [6.07, 6.45) is 1.31. The van der Waals surface area contributed by atoms with Crippen molar-refractivity contribution in [2.75, 3.05) is 36.0 Å². The molecule has 0 radical (unpaired) electrons. The van der Waals surface area contributed by atoms with Gasteiger partial charge in [-0.3, -0.25) is 0 Å². The SMILES string of the molecule is NS(=O)(=O)c1ccc(N2CCN(c3ccccc3)CC2)nc1. The van der Waals surface area contributed by atoms with Crippen LogP contribution < -0.4 is 14.9 Å². The van der Waals surface area contributed by atoms with Crippen LogP contribution in [0.3, 0.4) is 0 Å². The lowest BCUT2D eigenvalue weighted by Gasteiger charge is -2.36. The number of rotatable bonds is 3. The Bertz CT molecular complexity index is 724. The van der Waals surface area contributed by atoms with Crippen molar-refractivity contribution in [3.05, 3.63) is 48.7 Å². The Balaban J connectivity index is 1.66. The molecule has 0 aliphatic carbocycles. The standard InChI is InChI=1S/C15H18N4O2S/c16-22(20,21)14-6-7-15(17-12-14)19-10-8-18(9-11-19)13-4-2-1-3-5-13/h1-7,12H,8-11H2,(H2,16,20,21). The number of aromatic nitrogens is 1. The van der Waals surface area contributed by atoms with Crippen molar-refractivity contribution >= 4 is 21.5 Å². The normalized spacial score (nSPS) is 15.9. The van der Waals surface area contributed by atoms with E-state index in [0.29, 0.717) is 0 Å². The molecule has 1 aromatic heterocycles. The van der Waals surface area contributed by atoms with Gasteiger partial charge in [-0.1, -0.05) is 18.2 Å². The van der Waals surface area contributed by atoms with Gasteiger partial charge in [-0.25, -0.2) is 18.5 Å². The molecule has 2 N–H and O–H groups in total. The number of nitrogens with zero attached hydrogens (tertiary/aromatic N) is 3. The molecule has 22 heavy (non-hydrogen) atoms. The molecule has 0 amide bonds. The molecule has 1 saturated heterocycles. The maximum atomic E-state index is 11.2. The molecule has 0 atom stereocenters. The maximum absolute atomic E-state index is 11.2. The lowest BCUT2D eigenvalue weighted by atomic mass is 10.2. The average molecular weight is 318 g/mol. The van der Waals surface area contributed by atoms with E-state index in [4.69, 9.17) is 5.14 Å². The second-order valence-electron chi connectivity index (χ2n) is 5.21. The summed E-state index contributed by atoms with van der Waals surface area (Å²) in [4.78, 5) is 8.73. The van der Waals surface area contributed by atoms with Gasteiger partial charge in [0, 0.05) is 38.1 Å². The molecule has 1 aliphatic rings. The van der Waals surface area contributed by atoms with E-state index in [1.165, 1.54) is 18.0 Å². The van der Waals surface area contributed by atoms with Crippen LogP contribution in [-0.4, -0.2) is 39.6 Å². The fourth-order valence-corrected chi connectivity index (χ4v) is 3.02. The predicted octanol–water partition coefficient (Wildman–Crippen LogP) is 1.06. The van der Waals surface area contributed by atoms with Gasteiger partial charge in [0.1, 0.15) is 10.7 Å². The molecular formula is C15H18N4O2S. The maximum Gasteiger partial charge on any atom is 0.239 e. The van der Waals surface area contributed by atoms with E-state index >= 15 is 0 Å². The van der Waals surface area contributed by atoms with Crippen LogP contribution >= 0.6 is 0 Å². The summed E-state index contributed by atoms with van der Waals surface area (Å²) in [5, 5.41) is 5.08. The highest BCUT2D eigenvalue weighted by Gasteiger charge is 2.18. The Morgan fingerprint density at radius 2 is 1.55 bits per heavy atom. The highest BCUT2D eigenvalue weighted by atomic mass is 32.2. The molecule has 0 saturated carbocycles. The van der Waals surface area contributed by atoms with E-state index in [-0.39, 0.29) is 4.90 Å². The van der Waals surface area contributed by atoms with Gasteiger partial charge in [-0.2, -0.15) is 0 Å². The number of hydrogen-bond donors (Lipinski definition) is 1. The lowest BCUT2D eigenvalue weighted by Crippen LogP contribution is -2.46. The monoisotopic (exact) mass is 318 g/mol. The fourth-order valence-electron chi connectivity index (χ4n) is 2.56. The number of hydrogen-bond acceptors (Lipinski definition) is 5. The van der Waals surface area contributed by atoms with Crippen LogP contribution in [0.2, 0.25) is 0 Å². The van der Waals surface area contributed by atoms with E-state index in [1.54, 1.807) is 6.07 Å². The van der Waals surface area contributed by atoms with Crippen LogP contribution in [0.4, 0.5) is 11.5 Å². The van der Waals surface area contributed by atoms with Gasteiger partial charge in [0.2, 0.25) is 10.0 Å². The second-order valence-corrected chi connectivity index (χ2v) is 6.77. The first-order valence-electron chi connectivity index (χ1n) is 7.08. The zero-order chi connectivity index (χ0) is 15.6. The lowest BCUT2D eigenvalue weighted by molar-refractivity contribution is 0.597. The number of para-hydroxylation sites is 1. The minimum absolute atomic E-state index is 0.0409. The summed E-state index contributed by atoms with van der Waals surface area (Å²) >= 11 is 0. The molecule has 3 rings (SSSR count). The van der Waals surface area contributed by atoms with Crippen molar-refractivity contribution in [2.24, 2.45) is 5.14 Å². The number of sulfonamides is 1. The van der Waals surface area contributed by atoms with E-state index in [1.807, 2.05) is 18.2 Å². The minimum atomic E-state index is -3.68. The zero-order valence-electron chi connectivity index (χ0n) is 12.1. The molecular weight excluding hydrogens is 300 g/mol. The molecule has 116 valence electrons. The summed E-state index contributed by atoms with van der Waals surface area (Å²) in [5.41, 5.74) is 1.22. The van der Waals surface area contributed by atoms with Crippen LogP contribution in [0.1, 0.15) is 0 Å². The van der Waals surface area contributed by atoms with Crippen molar-refractivity contribution in [3.8, 4) is 0 Å². The summed E-state index contributed by atoms with van der Waals surface area (Å²) in [5.74, 6) is 0.778. The first-order chi connectivity index (χ1) is 10.5. The molecule has 0 unspecified atom stereocenters. The van der Waals surface area contributed by atoms with Crippen molar-refractivity contribution in [1.82, 2.24) is 4.98 Å². The van der Waals surface area contributed by atoms with Crippen LogP contribution in [0.25, 0.3) is 0 Å². The summed E-state index contributed by atoms with van der Waals surface area (Å²) in [7, 11) is -3.68. The van der Waals surface area contributed by atoms with Gasteiger partial charge in [0.05, 0.1) is 0 Å². The van der Waals surface area contributed by atoms with Crippen LogP contribution in [0, 0.1) is 0 Å². The molecule has 2 aromatic rings. The molecule has 0 bridgehead atoms. The first-order valence-corrected chi connectivity index (χ1v) is 8.62. The highest BCUT2D eigenvalue weighted by molar-refractivity contribution is 7.89. The van der Waals surface area contributed by atoms with Crippen LogP contribution in [0.15, 0.2) is 53.6 Å². The summed E-state index contributed by atoms with van der Waals surface area (Å²) in [6.45, 7) is 3.50. The van der Waals surface area contributed by atoms with Gasteiger partial charge >= 0.3 is 0 Å². The Morgan fingerprint density at radius 1 is 0.909 bits per heavy atom. The highest BCUT2D eigenvalue weighted by Crippen LogP contribution is 2.19. The smallest absolute Gasteiger partial charge is 0.239 e. The number of benzene rings is 1. The molecule has 7 heteroatoms. The Labute approximate surface area is 130 Å². The second kappa shape index (κ2) is 5.94. The van der Waals surface area contributed by atoms with E-state index in [9.17, 15) is 8.42 Å². The van der Waals surface area contributed by atoms with Crippen LogP contribution in [0.5, 0.6) is 0 Å². The largest absolute Gasteiger partial charge is 0.368 e. The van der Waals surface area contributed by atoms with Gasteiger partial charge in [0.25, 0.3) is 0 Å². The van der Waals surface area contributed by atoms with E-state index in [2.05, 4.69) is 26.9 Å². The fraction of sp³-hybridized carbons (Fsp3) is 0.267. The molecule has 1 aromatic carbocycles. The van der Waals surface area contributed by atoms with Gasteiger partial charge < -0.3 is 9.80 Å². The molecule has 1 fully saturated rings. The zero-order valence-corrected chi connectivity index (χ0v) is 12.9. The molecule has 1 aliphatic heterocycles. The van der Waals surface area contributed by atoms with Crippen molar-refractivity contribution in [2.45, 2.75) is 4.90 Å². The third-order valence-electron chi connectivity index (χ3n) is 3.77. The first kappa shape index (κ1) is 14.8. The topological polar surface area (TPSA) is 79.5 Å². The molecule has 6 nitrogen and oxygen atoms in total. The third kappa shape index (κ3) is 3.20. The average Bonchev–Trinajstić information content (AvgIpc) is 2.55. The van der Waals surface area contributed by atoms with Gasteiger partial charge in [-0.05, 0) is 24.3 Å². The number of piperazine rings is 1. The van der Waals surface area contributed by atoms with Crippen molar-refractivity contribution in [1.29, 1.82) is 0 Å². The van der Waals surface area contributed by atoms with E-state index in [0.717, 1.165) is 32.0 Å². The Morgan fingerprint density at radius 3 is 2.09 bits per heavy atom. The molecule has 0 spiro atoms. The third-order valence-corrected chi connectivity index (χ3v) is 4.67. The van der Waals surface area contributed by atoms with Crippen LogP contribution in [-0.2, 0) is 10.0 Å². The summed E-state index contributed by atoms with van der Waals surface area (Å²) in [6, 6.07) is 13.5. The summed E-state index contributed by atoms with van der Waals surface area (Å²) < 4.78 is 22.5. The van der Waals surface area contributed by atoms with E-state index < -0.39 is 10.0 Å². The van der Waals surface area contributed by atoms with Crippen molar-refractivity contribution < 1.29 is 8.42 Å².